The Morgan fingerprint density at radius 2 is 2.00 bits per heavy atom. The van der Waals surface area contributed by atoms with Gasteiger partial charge in [0, 0.05) is 4.90 Å². The Bertz CT molecular complexity index is 836. The van der Waals surface area contributed by atoms with Crippen LogP contribution in [0.5, 0.6) is 0 Å². The fourth-order valence-corrected chi connectivity index (χ4v) is 4.27. The number of hydrogen-bond acceptors (Lipinski definition) is 4. The van der Waals surface area contributed by atoms with Crippen molar-refractivity contribution in [2.45, 2.75) is 25.2 Å². The molecule has 124 valence electrons. The summed E-state index contributed by atoms with van der Waals surface area (Å²) in [5.41, 5.74) is 2.89. The fraction of sp³-hybridized carbons (Fsp3) is 0.222. The highest BCUT2D eigenvalue weighted by atomic mass is 35.5. The van der Waals surface area contributed by atoms with Gasteiger partial charge >= 0.3 is 0 Å². The summed E-state index contributed by atoms with van der Waals surface area (Å²) in [5, 5.41) is 4.13. The molecule has 3 rings (SSSR count). The van der Waals surface area contributed by atoms with Gasteiger partial charge in [-0.15, -0.1) is 11.8 Å². The molecule has 0 spiro atoms. The van der Waals surface area contributed by atoms with Crippen LogP contribution in [-0.4, -0.2) is 16.6 Å². The molecule has 0 aliphatic rings. The number of hydrogen-bond donors (Lipinski definition) is 1. The van der Waals surface area contributed by atoms with Gasteiger partial charge in [-0.1, -0.05) is 48.1 Å². The zero-order valence-electron chi connectivity index (χ0n) is 13.4. The van der Waals surface area contributed by atoms with E-state index in [2.05, 4.69) is 29.4 Å². The number of carbonyl (C=O) groups excluding carboxylic acids is 1. The van der Waals surface area contributed by atoms with Gasteiger partial charge in [0.05, 0.1) is 21.7 Å². The summed E-state index contributed by atoms with van der Waals surface area (Å²) >= 11 is 9.40. The number of thioether (sulfide) groups is 1. The number of fused-ring (bicyclic) bond motifs is 1. The molecule has 2 aromatic carbocycles. The maximum absolute atomic E-state index is 12.3. The number of anilines is 1. The predicted octanol–water partition coefficient (Wildman–Crippen LogP) is 5.55. The van der Waals surface area contributed by atoms with Gasteiger partial charge in [0.2, 0.25) is 5.91 Å². The van der Waals surface area contributed by atoms with Crippen molar-refractivity contribution < 1.29 is 4.79 Å². The van der Waals surface area contributed by atoms with Crippen molar-refractivity contribution in [2.75, 3.05) is 11.1 Å². The third kappa shape index (κ3) is 3.91. The van der Waals surface area contributed by atoms with Crippen LogP contribution < -0.4 is 5.32 Å². The highest BCUT2D eigenvalue weighted by Crippen LogP contribution is 2.33. The molecule has 1 amide bonds. The number of amides is 1. The number of thiazole rings is 1. The second-order valence-electron chi connectivity index (χ2n) is 5.36. The number of aromatic nitrogens is 1. The van der Waals surface area contributed by atoms with Crippen LogP contribution in [0.25, 0.3) is 10.2 Å². The van der Waals surface area contributed by atoms with Gasteiger partial charge in [-0.2, -0.15) is 0 Å². The highest BCUT2D eigenvalue weighted by Gasteiger charge is 2.12. The summed E-state index contributed by atoms with van der Waals surface area (Å²) in [6.45, 7) is 4.11. The summed E-state index contributed by atoms with van der Waals surface area (Å²) in [6, 6.07) is 11.9. The monoisotopic (exact) mass is 376 g/mol. The first-order valence-electron chi connectivity index (χ1n) is 7.64. The number of nitrogens with zero attached hydrogens (tertiary/aromatic N) is 1. The molecule has 0 bridgehead atoms. The molecule has 0 aliphatic heterocycles. The van der Waals surface area contributed by atoms with Crippen molar-refractivity contribution in [2.24, 2.45) is 0 Å². The lowest BCUT2D eigenvalue weighted by molar-refractivity contribution is -0.115. The Hall–Kier alpha value is -1.56. The molecule has 0 atom stereocenters. The summed E-state index contributed by atoms with van der Waals surface area (Å²) < 4.78 is 0.910. The van der Waals surface area contributed by atoms with E-state index in [-0.39, 0.29) is 5.91 Å². The molecule has 1 heterocycles. The van der Waals surface area contributed by atoms with Crippen LogP contribution in [0, 0.1) is 6.92 Å². The van der Waals surface area contributed by atoms with Crippen LogP contribution in [0.1, 0.15) is 18.1 Å². The summed E-state index contributed by atoms with van der Waals surface area (Å²) in [6.07, 6.45) is 0.333. The Labute approximate surface area is 154 Å². The van der Waals surface area contributed by atoms with Gasteiger partial charge in [0.15, 0.2) is 5.13 Å². The van der Waals surface area contributed by atoms with Crippen LogP contribution in [0.4, 0.5) is 5.13 Å². The molecule has 3 nitrogen and oxygen atoms in total. The van der Waals surface area contributed by atoms with E-state index in [4.69, 9.17) is 11.6 Å². The van der Waals surface area contributed by atoms with E-state index < -0.39 is 0 Å². The predicted molar refractivity (Wildman–Crippen MR) is 105 cm³/mol. The maximum atomic E-state index is 12.3. The van der Waals surface area contributed by atoms with Gasteiger partial charge < -0.3 is 5.32 Å². The van der Waals surface area contributed by atoms with E-state index in [1.54, 1.807) is 11.8 Å². The quantitative estimate of drug-likeness (QED) is 0.593. The van der Waals surface area contributed by atoms with Crippen molar-refractivity contribution in [3.8, 4) is 0 Å². The average molecular weight is 377 g/mol. The molecule has 0 unspecified atom stereocenters. The molecule has 3 aromatic rings. The first-order valence-corrected chi connectivity index (χ1v) is 9.82. The number of carbonyl (C=O) groups is 1. The van der Waals surface area contributed by atoms with Gasteiger partial charge in [-0.05, 0) is 42.0 Å². The van der Waals surface area contributed by atoms with Crippen molar-refractivity contribution in [1.29, 1.82) is 0 Å². The molecule has 24 heavy (non-hydrogen) atoms. The first kappa shape index (κ1) is 17.3. The van der Waals surface area contributed by atoms with Gasteiger partial charge in [-0.25, -0.2) is 4.98 Å². The van der Waals surface area contributed by atoms with E-state index in [1.165, 1.54) is 16.2 Å². The number of halogens is 1. The molecule has 0 saturated heterocycles. The molecule has 0 fully saturated rings. The van der Waals surface area contributed by atoms with E-state index >= 15 is 0 Å². The third-order valence-electron chi connectivity index (χ3n) is 3.54. The SMILES string of the molecule is CCSc1ccc(CC(=O)Nc2nc3c(C)ccc(Cl)c3s2)cc1. The van der Waals surface area contributed by atoms with Crippen LogP contribution >= 0.6 is 34.7 Å². The molecular formula is C18H17ClN2OS2. The minimum Gasteiger partial charge on any atom is -0.302 e. The van der Waals surface area contributed by atoms with Gasteiger partial charge in [0.25, 0.3) is 0 Å². The number of aryl methyl sites for hydroxylation is 1. The number of nitrogens with one attached hydrogen (secondary N) is 1. The molecular weight excluding hydrogens is 360 g/mol. The zero-order valence-corrected chi connectivity index (χ0v) is 15.8. The largest absolute Gasteiger partial charge is 0.302 e. The second kappa shape index (κ2) is 7.55. The number of rotatable bonds is 5. The zero-order chi connectivity index (χ0) is 17.1. The van der Waals surface area contributed by atoms with E-state index in [0.29, 0.717) is 16.6 Å². The van der Waals surface area contributed by atoms with Crippen molar-refractivity contribution in [3.05, 3.63) is 52.5 Å². The summed E-state index contributed by atoms with van der Waals surface area (Å²) in [4.78, 5) is 18.0. The minimum absolute atomic E-state index is 0.0706. The van der Waals surface area contributed by atoms with Crippen LogP contribution in [0.2, 0.25) is 5.02 Å². The first-order chi connectivity index (χ1) is 11.6. The Morgan fingerprint density at radius 3 is 2.67 bits per heavy atom. The smallest absolute Gasteiger partial charge is 0.230 e. The Balaban J connectivity index is 1.70. The van der Waals surface area contributed by atoms with Crippen LogP contribution in [0.3, 0.4) is 0 Å². The molecule has 0 radical (unpaired) electrons. The second-order valence-corrected chi connectivity index (χ2v) is 8.11. The highest BCUT2D eigenvalue weighted by molar-refractivity contribution is 7.99. The Morgan fingerprint density at radius 1 is 1.25 bits per heavy atom. The lowest BCUT2D eigenvalue weighted by Crippen LogP contribution is -2.14. The molecule has 1 aromatic heterocycles. The summed E-state index contributed by atoms with van der Waals surface area (Å²) in [7, 11) is 0. The Kier molecular flexibility index (Phi) is 5.43. The number of benzene rings is 2. The summed E-state index contributed by atoms with van der Waals surface area (Å²) in [5.74, 6) is 0.970. The minimum atomic E-state index is -0.0706. The van der Waals surface area contributed by atoms with Crippen molar-refractivity contribution in [3.63, 3.8) is 0 Å². The molecule has 0 saturated carbocycles. The topological polar surface area (TPSA) is 42.0 Å². The maximum Gasteiger partial charge on any atom is 0.230 e. The van der Waals surface area contributed by atoms with Crippen molar-refractivity contribution >= 4 is 56.0 Å². The van der Waals surface area contributed by atoms with E-state index in [1.807, 2.05) is 31.2 Å². The van der Waals surface area contributed by atoms with Gasteiger partial charge in [-0.3, -0.25) is 4.79 Å². The lowest BCUT2D eigenvalue weighted by atomic mass is 10.1. The van der Waals surface area contributed by atoms with E-state index in [0.717, 1.165) is 27.1 Å². The van der Waals surface area contributed by atoms with Gasteiger partial charge in [0.1, 0.15) is 0 Å². The van der Waals surface area contributed by atoms with Crippen molar-refractivity contribution in [1.82, 2.24) is 4.98 Å². The molecule has 0 aliphatic carbocycles. The molecule has 6 heteroatoms. The molecule has 1 N–H and O–H groups in total. The standard InChI is InChI=1S/C18H17ClN2OS2/c1-3-23-13-7-5-12(6-8-13)10-15(22)20-18-21-16-11(2)4-9-14(19)17(16)24-18/h4-9H,3,10H2,1-2H3,(H,20,21,22). The third-order valence-corrected chi connectivity index (χ3v) is 5.87. The fourth-order valence-electron chi connectivity index (χ4n) is 2.37. The van der Waals surface area contributed by atoms with E-state index in [9.17, 15) is 4.79 Å². The van der Waals surface area contributed by atoms with Crippen LogP contribution in [0.15, 0.2) is 41.3 Å². The average Bonchev–Trinajstić information content (AvgIpc) is 2.98. The van der Waals surface area contributed by atoms with Crippen LogP contribution in [-0.2, 0) is 11.2 Å². The normalized spacial score (nSPS) is 11.0. The lowest BCUT2D eigenvalue weighted by Gasteiger charge is -2.03.